The van der Waals surface area contributed by atoms with Gasteiger partial charge >= 0.3 is 0 Å². The van der Waals surface area contributed by atoms with Crippen LogP contribution in [-0.4, -0.2) is 72.9 Å². The molecule has 0 bridgehead atoms. The third kappa shape index (κ3) is 7.37. The number of aliphatic hydroxyl groups is 1. The van der Waals surface area contributed by atoms with Crippen LogP contribution in [0.1, 0.15) is 29.8 Å². The minimum absolute atomic E-state index is 0.00668. The molecule has 2 atom stereocenters. The van der Waals surface area contributed by atoms with Crippen LogP contribution in [-0.2, 0) is 16.0 Å². The molecule has 0 fully saturated rings. The number of hydrogen-bond acceptors (Lipinski definition) is 6. The minimum Gasteiger partial charge on any atom is -0.491 e. The summed E-state index contributed by atoms with van der Waals surface area (Å²) >= 11 is 1.70. The second-order valence-corrected chi connectivity index (χ2v) is 9.13. The van der Waals surface area contributed by atoms with Crippen molar-refractivity contribution in [3.8, 4) is 5.75 Å². The molecule has 0 aliphatic carbocycles. The molecular weight excluding hydrogens is 443 g/mol. The van der Waals surface area contributed by atoms with Gasteiger partial charge in [0.05, 0.1) is 31.9 Å². The lowest BCUT2D eigenvalue weighted by molar-refractivity contribution is -0.136. The van der Waals surface area contributed by atoms with Crippen LogP contribution in [0.15, 0.2) is 48.4 Å². The molecule has 2 heterocycles. The first-order valence-electron chi connectivity index (χ1n) is 11.3. The zero-order chi connectivity index (χ0) is 23.6. The van der Waals surface area contributed by atoms with Crippen molar-refractivity contribution in [2.45, 2.75) is 31.9 Å². The number of thiophene rings is 1. The number of aliphatic hydroxyl groups excluding tert-OH is 1. The predicted molar refractivity (Wildman–Crippen MR) is 128 cm³/mol. The predicted octanol–water partition coefficient (Wildman–Crippen LogP) is 3.67. The average molecular weight is 477 g/mol. The molecule has 180 valence electrons. The van der Waals surface area contributed by atoms with E-state index in [0.29, 0.717) is 38.6 Å². The number of ether oxygens (including phenoxy) is 2. The van der Waals surface area contributed by atoms with Gasteiger partial charge in [0.25, 0.3) is 0 Å². The topological polar surface area (TPSA) is 62.2 Å². The van der Waals surface area contributed by atoms with Gasteiger partial charge in [0.2, 0.25) is 5.91 Å². The Morgan fingerprint density at radius 1 is 1.39 bits per heavy atom. The van der Waals surface area contributed by atoms with Gasteiger partial charge in [0.1, 0.15) is 18.2 Å². The van der Waals surface area contributed by atoms with E-state index in [2.05, 4.69) is 19.6 Å². The monoisotopic (exact) mass is 476 g/mol. The standard InChI is InChI=1S/C25H33FN2O4S/c1-3-11-27(15-20(29)17-31-13-4-2)16-25(30)28-12-9-24-22(10-14-33-24)23(28)18-32-21-7-5-19(26)6-8-21/h4-8,10,14,20,23,29H,2-3,9,11-13,15-18H2,1H3. The number of rotatable bonds is 13. The summed E-state index contributed by atoms with van der Waals surface area (Å²) in [6.07, 6.45) is 2.66. The van der Waals surface area contributed by atoms with Gasteiger partial charge in [-0.1, -0.05) is 13.0 Å². The lowest BCUT2D eigenvalue weighted by Gasteiger charge is -2.37. The molecule has 33 heavy (non-hydrogen) atoms. The molecule has 6 nitrogen and oxygen atoms in total. The van der Waals surface area contributed by atoms with Crippen LogP contribution in [0.3, 0.4) is 0 Å². The van der Waals surface area contributed by atoms with Crippen molar-refractivity contribution >= 4 is 17.2 Å². The number of halogens is 1. The van der Waals surface area contributed by atoms with E-state index in [1.807, 2.05) is 15.2 Å². The summed E-state index contributed by atoms with van der Waals surface area (Å²) in [6.45, 7) is 8.46. The van der Waals surface area contributed by atoms with Gasteiger partial charge in [-0.15, -0.1) is 17.9 Å². The molecular formula is C25H33FN2O4S. The summed E-state index contributed by atoms with van der Waals surface area (Å²) in [5.74, 6) is 0.263. The summed E-state index contributed by atoms with van der Waals surface area (Å²) in [5.41, 5.74) is 1.11. The van der Waals surface area contributed by atoms with Crippen LogP contribution in [0.5, 0.6) is 5.75 Å². The number of benzene rings is 1. The first-order chi connectivity index (χ1) is 16.0. The van der Waals surface area contributed by atoms with Gasteiger partial charge in [0.15, 0.2) is 0 Å². The molecule has 3 rings (SSSR count). The van der Waals surface area contributed by atoms with Crippen LogP contribution in [0.2, 0.25) is 0 Å². The molecule has 2 unspecified atom stereocenters. The van der Waals surface area contributed by atoms with Gasteiger partial charge in [-0.3, -0.25) is 9.69 Å². The second-order valence-electron chi connectivity index (χ2n) is 8.13. The minimum atomic E-state index is -0.674. The number of carbonyl (C=O) groups excluding carboxylic acids is 1. The van der Waals surface area contributed by atoms with Crippen molar-refractivity contribution in [3.05, 3.63) is 64.6 Å². The smallest absolute Gasteiger partial charge is 0.237 e. The van der Waals surface area contributed by atoms with E-state index in [4.69, 9.17) is 9.47 Å². The highest BCUT2D eigenvalue weighted by molar-refractivity contribution is 7.10. The molecule has 1 amide bonds. The van der Waals surface area contributed by atoms with E-state index < -0.39 is 6.10 Å². The fourth-order valence-electron chi connectivity index (χ4n) is 4.05. The van der Waals surface area contributed by atoms with Crippen molar-refractivity contribution in [3.63, 3.8) is 0 Å². The lowest BCUT2D eigenvalue weighted by Crippen LogP contribution is -2.48. The third-order valence-corrected chi connectivity index (χ3v) is 6.55. The van der Waals surface area contributed by atoms with E-state index in [1.165, 1.54) is 17.0 Å². The first-order valence-corrected chi connectivity index (χ1v) is 12.2. The maximum Gasteiger partial charge on any atom is 0.237 e. The van der Waals surface area contributed by atoms with Crippen molar-refractivity contribution in [2.24, 2.45) is 0 Å². The van der Waals surface area contributed by atoms with E-state index >= 15 is 0 Å². The van der Waals surface area contributed by atoms with Crippen LogP contribution in [0.4, 0.5) is 4.39 Å². The maximum absolute atomic E-state index is 13.4. The zero-order valence-electron chi connectivity index (χ0n) is 19.1. The fourth-order valence-corrected chi connectivity index (χ4v) is 4.98. The number of fused-ring (bicyclic) bond motifs is 1. The highest BCUT2D eigenvalue weighted by Gasteiger charge is 2.33. The zero-order valence-corrected chi connectivity index (χ0v) is 19.9. The number of carbonyl (C=O) groups is 1. The average Bonchev–Trinajstić information content (AvgIpc) is 3.28. The first kappa shape index (κ1) is 25.4. The van der Waals surface area contributed by atoms with Crippen molar-refractivity contribution < 1.29 is 23.8 Å². The van der Waals surface area contributed by atoms with Gasteiger partial charge in [-0.2, -0.15) is 0 Å². The summed E-state index contributed by atoms with van der Waals surface area (Å²) in [6, 6.07) is 7.77. The molecule has 0 saturated heterocycles. The molecule has 0 spiro atoms. The van der Waals surface area contributed by atoms with Crippen LogP contribution < -0.4 is 4.74 Å². The van der Waals surface area contributed by atoms with Crippen molar-refractivity contribution in [1.29, 1.82) is 0 Å². The molecule has 1 aliphatic heterocycles. The largest absolute Gasteiger partial charge is 0.491 e. The van der Waals surface area contributed by atoms with E-state index in [-0.39, 0.29) is 30.9 Å². The summed E-state index contributed by atoms with van der Waals surface area (Å²) < 4.78 is 24.5. The Morgan fingerprint density at radius 2 is 2.18 bits per heavy atom. The Morgan fingerprint density at radius 3 is 2.91 bits per heavy atom. The van der Waals surface area contributed by atoms with Gasteiger partial charge in [-0.05, 0) is 60.7 Å². The normalized spacial score (nSPS) is 16.5. The summed E-state index contributed by atoms with van der Waals surface area (Å²) in [4.78, 5) is 18.5. The van der Waals surface area contributed by atoms with Gasteiger partial charge in [-0.25, -0.2) is 4.39 Å². The van der Waals surface area contributed by atoms with E-state index in [1.54, 1.807) is 29.5 Å². The van der Waals surface area contributed by atoms with E-state index in [0.717, 1.165) is 18.4 Å². The Balaban J connectivity index is 1.66. The van der Waals surface area contributed by atoms with Crippen LogP contribution in [0, 0.1) is 5.82 Å². The van der Waals surface area contributed by atoms with E-state index in [9.17, 15) is 14.3 Å². The van der Waals surface area contributed by atoms with Gasteiger partial charge < -0.3 is 19.5 Å². The number of amides is 1. The molecule has 1 N–H and O–H groups in total. The second kappa shape index (κ2) is 12.8. The molecule has 1 aromatic carbocycles. The van der Waals surface area contributed by atoms with Crippen molar-refractivity contribution in [1.82, 2.24) is 9.80 Å². The van der Waals surface area contributed by atoms with Crippen LogP contribution in [0.25, 0.3) is 0 Å². The Kier molecular flexibility index (Phi) is 9.87. The summed E-state index contributed by atoms with van der Waals surface area (Å²) in [7, 11) is 0. The molecule has 2 aromatic rings. The molecule has 8 heteroatoms. The van der Waals surface area contributed by atoms with Crippen LogP contribution >= 0.6 is 11.3 Å². The molecule has 1 aromatic heterocycles. The number of hydrogen-bond donors (Lipinski definition) is 1. The Labute approximate surface area is 199 Å². The molecule has 1 aliphatic rings. The highest BCUT2D eigenvalue weighted by atomic mass is 32.1. The molecule has 0 saturated carbocycles. The van der Waals surface area contributed by atoms with Gasteiger partial charge in [0, 0.05) is 18.0 Å². The SMILES string of the molecule is C=CCOCC(O)CN(CCC)CC(=O)N1CCc2sccc2C1COc1ccc(F)cc1. The maximum atomic E-state index is 13.4. The Bertz CT molecular complexity index is 889. The lowest BCUT2D eigenvalue weighted by atomic mass is 10.0. The quantitative estimate of drug-likeness (QED) is 0.353. The summed E-state index contributed by atoms with van der Waals surface area (Å²) in [5, 5.41) is 12.4. The number of nitrogens with zero attached hydrogens (tertiary/aromatic N) is 2. The fraction of sp³-hybridized carbons (Fsp3) is 0.480. The third-order valence-electron chi connectivity index (χ3n) is 5.55. The molecule has 0 radical (unpaired) electrons. The highest BCUT2D eigenvalue weighted by Crippen LogP contribution is 2.34. The van der Waals surface area contributed by atoms with Crippen molar-refractivity contribution in [2.75, 3.05) is 46.0 Å². The Hall–Kier alpha value is -2.26.